The summed E-state index contributed by atoms with van der Waals surface area (Å²) >= 11 is 0. The first-order chi connectivity index (χ1) is 16.4. The summed E-state index contributed by atoms with van der Waals surface area (Å²) in [7, 11) is -3.70. The van der Waals surface area contributed by atoms with Crippen LogP contribution in [0.3, 0.4) is 0 Å². The SMILES string of the molecule is CCCCCS(=O)(=O)NC(=O)c1ccc2nc(C)n(Cc3ccc(-c4ccccc4)cc3)c2n1. The van der Waals surface area contributed by atoms with Crippen LogP contribution >= 0.6 is 0 Å². The minimum absolute atomic E-state index is 0.0483. The number of benzene rings is 2. The van der Waals surface area contributed by atoms with E-state index in [0.717, 1.165) is 35.4 Å². The molecule has 4 aromatic rings. The molecular formula is C26H28N4O3S. The molecule has 2 heterocycles. The summed E-state index contributed by atoms with van der Waals surface area (Å²) in [6.45, 7) is 4.41. The van der Waals surface area contributed by atoms with E-state index in [1.165, 1.54) is 6.07 Å². The van der Waals surface area contributed by atoms with Crippen LogP contribution in [0, 0.1) is 6.92 Å². The van der Waals surface area contributed by atoms with Crippen LogP contribution < -0.4 is 4.72 Å². The van der Waals surface area contributed by atoms with E-state index in [0.29, 0.717) is 24.1 Å². The van der Waals surface area contributed by atoms with Crippen molar-refractivity contribution in [1.29, 1.82) is 0 Å². The van der Waals surface area contributed by atoms with Gasteiger partial charge >= 0.3 is 0 Å². The number of unbranched alkanes of at least 4 members (excludes halogenated alkanes) is 2. The zero-order chi connectivity index (χ0) is 24.1. The molecule has 176 valence electrons. The first-order valence-corrected chi connectivity index (χ1v) is 13.0. The Labute approximate surface area is 199 Å². The Hall–Kier alpha value is -3.52. The van der Waals surface area contributed by atoms with Gasteiger partial charge in [0.15, 0.2) is 5.65 Å². The number of aryl methyl sites for hydroxylation is 1. The fourth-order valence-corrected chi connectivity index (χ4v) is 4.91. The van der Waals surface area contributed by atoms with Gasteiger partial charge in [-0.25, -0.2) is 23.1 Å². The van der Waals surface area contributed by atoms with Gasteiger partial charge in [-0.2, -0.15) is 0 Å². The molecule has 1 amide bonds. The molecule has 0 fully saturated rings. The summed E-state index contributed by atoms with van der Waals surface area (Å²) in [4.78, 5) is 21.6. The van der Waals surface area contributed by atoms with Crippen molar-refractivity contribution < 1.29 is 13.2 Å². The topological polar surface area (TPSA) is 94.0 Å². The van der Waals surface area contributed by atoms with Gasteiger partial charge in [-0.05, 0) is 42.2 Å². The molecule has 7 nitrogen and oxygen atoms in total. The summed E-state index contributed by atoms with van der Waals surface area (Å²) in [5, 5.41) is 0. The van der Waals surface area contributed by atoms with Crippen LogP contribution in [0.1, 0.15) is 48.1 Å². The molecule has 4 rings (SSSR count). The van der Waals surface area contributed by atoms with Crippen LogP contribution in [-0.2, 0) is 16.6 Å². The molecule has 0 aliphatic rings. The van der Waals surface area contributed by atoms with Crippen molar-refractivity contribution >= 4 is 27.1 Å². The van der Waals surface area contributed by atoms with Crippen molar-refractivity contribution in [3.05, 3.63) is 83.8 Å². The van der Waals surface area contributed by atoms with Crippen LogP contribution in [0.4, 0.5) is 0 Å². The van der Waals surface area contributed by atoms with Crippen molar-refractivity contribution in [3.8, 4) is 11.1 Å². The number of fused-ring (bicyclic) bond motifs is 1. The third kappa shape index (κ3) is 5.51. The van der Waals surface area contributed by atoms with Gasteiger partial charge in [-0.15, -0.1) is 0 Å². The zero-order valence-corrected chi connectivity index (χ0v) is 20.2. The molecule has 0 radical (unpaired) electrons. The maximum Gasteiger partial charge on any atom is 0.283 e. The standard InChI is InChI=1S/C26H28N4O3S/c1-3-4-8-17-34(32,33)29-26(31)24-16-15-23-25(28-24)30(19(2)27-23)18-20-11-13-22(14-12-20)21-9-6-5-7-10-21/h5-7,9-16H,3-4,8,17-18H2,1-2H3,(H,29,31). The van der Waals surface area contributed by atoms with Gasteiger partial charge < -0.3 is 4.57 Å². The largest absolute Gasteiger partial charge is 0.308 e. The van der Waals surface area contributed by atoms with Gasteiger partial charge in [0, 0.05) is 0 Å². The normalized spacial score (nSPS) is 11.6. The molecule has 0 unspecified atom stereocenters. The molecule has 2 aromatic carbocycles. The van der Waals surface area contributed by atoms with E-state index in [9.17, 15) is 13.2 Å². The lowest BCUT2D eigenvalue weighted by atomic mass is 10.0. The van der Waals surface area contributed by atoms with Crippen molar-refractivity contribution in [3.63, 3.8) is 0 Å². The van der Waals surface area contributed by atoms with Crippen molar-refractivity contribution in [2.75, 3.05) is 5.75 Å². The highest BCUT2D eigenvalue weighted by molar-refractivity contribution is 7.90. The molecule has 0 saturated heterocycles. The monoisotopic (exact) mass is 476 g/mol. The lowest BCUT2D eigenvalue weighted by molar-refractivity contribution is 0.0977. The Bertz CT molecular complexity index is 1400. The minimum Gasteiger partial charge on any atom is -0.308 e. The average Bonchev–Trinajstić information content (AvgIpc) is 3.14. The van der Waals surface area contributed by atoms with Crippen LogP contribution in [0.25, 0.3) is 22.3 Å². The van der Waals surface area contributed by atoms with E-state index < -0.39 is 15.9 Å². The second-order valence-electron chi connectivity index (χ2n) is 8.30. The third-order valence-electron chi connectivity index (χ3n) is 5.68. The van der Waals surface area contributed by atoms with E-state index in [-0.39, 0.29) is 11.4 Å². The van der Waals surface area contributed by atoms with Crippen LogP contribution in [0.2, 0.25) is 0 Å². The molecule has 0 saturated carbocycles. The van der Waals surface area contributed by atoms with Crippen LogP contribution in [0.15, 0.2) is 66.7 Å². The molecule has 8 heteroatoms. The molecule has 0 aliphatic carbocycles. The number of rotatable bonds is 9. The van der Waals surface area contributed by atoms with Gasteiger partial charge in [0.25, 0.3) is 5.91 Å². The summed E-state index contributed by atoms with van der Waals surface area (Å²) in [6.07, 6.45) is 2.21. The summed E-state index contributed by atoms with van der Waals surface area (Å²) in [5.41, 5.74) is 4.60. The Morgan fingerprint density at radius 1 is 0.912 bits per heavy atom. The van der Waals surface area contributed by atoms with Gasteiger partial charge in [0.1, 0.15) is 17.0 Å². The van der Waals surface area contributed by atoms with Crippen LogP contribution in [0.5, 0.6) is 0 Å². The number of nitrogens with zero attached hydrogens (tertiary/aromatic N) is 3. The highest BCUT2D eigenvalue weighted by atomic mass is 32.2. The Kier molecular flexibility index (Phi) is 7.07. The number of imidazole rings is 1. The van der Waals surface area contributed by atoms with Crippen LogP contribution in [-0.4, -0.2) is 34.6 Å². The number of nitrogens with one attached hydrogen (secondary N) is 1. The van der Waals surface area contributed by atoms with E-state index in [2.05, 4.69) is 51.1 Å². The van der Waals surface area contributed by atoms with Crippen molar-refractivity contribution in [1.82, 2.24) is 19.3 Å². The van der Waals surface area contributed by atoms with E-state index >= 15 is 0 Å². The molecule has 1 N–H and O–H groups in total. The number of carbonyl (C=O) groups excluding carboxylic acids is 1. The molecule has 2 aromatic heterocycles. The Morgan fingerprint density at radius 2 is 1.62 bits per heavy atom. The lowest BCUT2D eigenvalue weighted by Gasteiger charge is -2.09. The number of aromatic nitrogens is 3. The first-order valence-electron chi connectivity index (χ1n) is 11.4. The molecule has 0 atom stereocenters. The number of hydrogen-bond acceptors (Lipinski definition) is 5. The predicted octanol–water partition coefficient (Wildman–Crippen LogP) is 4.70. The van der Waals surface area contributed by atoms with E-state index in [1.807, 2.05) is 36.6 Å². The number of carbonyl (C=O) groups is 1. The maximum absolute atomic E-state index is 12.6. The summed E-state index contributed by atoms with van der Waals surface area (Å²) < 4.78 is 28.5. The molecule has 0 spiro atoms. The second-order valence-corrected chi connectivity index (χ2v) is 10.1. The minimum atomic E-state index is -3.70. The van der Waals surface area contributed by atoms with Gasteiger partial charge in [0.05, 0.1) is 12.3 Å². The van der Waals surface area contributed by atoms with Crippen molar-refractivity contribution in [2.45, 2.75) is 39.7 Å². The molecule has 34 heavy (non-hydrogen) atoms. The number of pyridine rings is 1. The fraction of sp³-hybridized carbons (Fsp3) is 0.269. The van der Waals surface area contributed by atoms with Gasteiger partial charge in [0.2, 0.25) is 10.0 Å². The number of hydrogen-bond donors (Lipinski definition) is 1. The zero-order valence-electron chi connectivity index (χ0n) is 19.4. The molecule has 0 aliphatic heterocycles. The van der Waals surface area contributed by atoms with Crippen molar-refractivity contribution in [2.24, 2.45) is 0 Å². The second kappa shape index (κ2) is 10.2. The highest BCUT2D eigenvalue weighted by Gasteiger charge is 2.19. The predicted molar refractivity (Wildman–Crippen MR) is 134 cm³/mol. The summed E-state index contributed by atoms with van der Waals surface area (Å²) in [6, 6.07) is 21.7. The molecule has 0 bridgehead atoms. The lowest BCUT2D eigenvalue weighted by Crippen LogP contribution is -2.33. The van der Waals surface area contributed by atoms with E-state index in [4.69, 9.17) is 0 Å². The third-order valence-corrected chi connectivity index (χ3v) is 7.00. The highest BCUT2D eigenvalue weighted by Crippen LogP contribution is 2.21. The van der Waals surface area contributed by atoms with E-state index in [1.54, 1.807) is 6.07 Å². The van der Waals surface area contributed by atoms with Gasteiger partial charge in [-0.1, -0.05) is 74.4 Å². The number of amides is 1. The quantitative estimate of drug-likeness (QED) is 0.353. The number of sulfonamides is 1. The average molecular weight is 477 g/mol. The Balaban J connectivity index is 1.55. The first kappa shape index (κ1) is 23.6. The fourth-order valence-electron chi connectivity index (χ4n) is 3.83. The van der Waals surface area contributed by atoms with Gasteiger partial charge in [-0.3, -0.25) is 4.79 Å². The smallest absolute Gasteiger partial charge is 0.283 e. The Morgan fingerprint density at radius 3 is 2.32 bits per heavy atom. The molecular weight excluding hydrogens is 448 g/mol. The summed E-state index contributed by atoms with van der Waals surface area (Å²) in [5.74, 6) is -0.0411. The maximum atomic E-state index is 12.6.